The number of oxazole rings is 1. The Hall–Kier alpha value is -2.46. The number of methoxy groups -OCH3 is 1. The number of hydrogen-bond acceptors (Lipinski definition) is 4. The Labute approximate surface area is 133 Å². The summed E-state index contributed by atoms with van der Waals surface area (Å²) in [6, 6.07) is 15.2. The van der Waals surface area contributed by atoms with Gasteiger partial charge < -0.3 is 14.5 Å². The molecule has 0 amide bonds. The number of halogens is 1. The predicted molar refractivity (Wildman–Crippen MR) is 87.3 cm³/mol. The van der Waals surface area contributed by atoms with E-state index < -0.39 is 0 Å². The summed E-state index contributed by atoms with van der Waals surface area (Å²) in [5.74, 6) is 2.07. The van der Waals surface area contributed by atoms with E-state index in [-0.39, 0.29) is 0 Å². The summed E-state index contributed by atoms with van der Waals surface area (Å²) in [6.45, 7) is 0.473. The molecule has 1 heterocycles. The van der Waals surface area contributed by atoms with Crippen LogP contribution in [0.15, 0.2) is 59.1 Å². The average Bonchev–Trinajstić information content (AvgIpc) is 3.02. The van der Waals surface area contributed by atoms with Crippen LogP contribution in [-0.4, -0.2) is 12.1 Å². The van der Waals surface area contributed by atoms with E-state index in [0.29, 0.717) is 23.2 Å². The van der Waals surface area contributed by atoms with Crippen molar-refractivity contribution in [3.63, 3.8) is 0 Å². The van der Waals surface area contributed by atoms with Crippen molar-refractivity contribution in [2.24, 2.45) is 0 Å². The van der Waals surface area contributed by atoms with Gasteiger partial charge >= 0.3 is 0 Å². The molecular weight excluding hydrogens is 300 g/mol. The van der Waals surface area contributed by atoms with Gasteiger partial charge in [-0.3, -0.25) is 0 Å². The van der Waals surface area contributed by atoms with Crippen LogP contribution in [0.2, 0.25) is 5.02 Å². The minimum atomic E-state index is 0.473. The summed E-state index contributed by atoms with van der Waals surface area (Å²) in [4.78, 5) is 4.28. The number of rotatable bonds is 5. The second-order valence-corrected chi connectivity index (χ2v) is 5.12. The lowest BCUT2D eigenvalue weighted by Crippen LogP contribution is -2.01. The topological polar surface area (TPSA) is 47.3 Å². The van der Waals surface area contributed by atoms with Gasteiger partial charge in [-0.2, -0.15) is 0 Å². The highest BCUT2D eigenvalue weighted by Gasteiger charge is 2.08. The monoisotopic (exact) mass is 314 g/mol. The number of ether oxygens (including phenoxy) is 1. The van der Waals surface area contributed by atoms with Crippen molar-refractivity contribution >= 4 is 17.3 Å². The molecule has 0 saturated carbocycles. The molecule has 22 heavy (non-hydrogen) atoms. The Morgan fingerprint density at radius 2 is 2.05 bits per heavy atom. The lowest BCUT2D eigenvalue weighted by molar-refractivity contribution is 0.416. The molecule has 0 radical (unpaired) electrons. The van der Waals surface area contributed by atoms with Gasteiger partial charge in [0.15, 0.2) is 5.76 Å². The fourth-order valence-corrected chi connectivity index (χ4v) is 2.32. The van der Waals surface area contributed by atoms with Crippen molar-refractivity contribution in [1.82, 2.24) is 4.98 Å². The molecule has 0 unspecified atom stereocenters. The van der Waals surface area contributed by atoms with Crippen LogP contribution in [0.4, 0.5) is 5.69 Å². The number of hydrogen-bond donors (Lipinski definition) is 1. The zero-order chi connectivity index (χ0) is 15.4. The van der Waals surface area contributed by atoms with Crippen LogP contribution in [-0.2, 0) is 6.54 Å². The van der Waals surface area contributed by atoms with E-state index in [4.69, 9.17) is 20.8 Å². The molecule has 0 saturated heterocycles. The molecule has 4 nitrogen and oxygen atoms in total. The highest BCUT2D eigenvalue weighted by Crippen LogP contribution is 2.26. The van der Waals surface area contributed by atoms with Crippen LogP contribution < -0.4 is 10.1 Å². The Morgan fingerprint density at radius 1 is 1.18 bits per heavy atom. The maximum Gasteiger partial charge on any atom is 0.214 e. The van der Waals surface area contributed by atoms with Crippen molar-refractivity contribution in [2.75, 3.05) is 12.4 Å². The lowest BCUT2D eigenvalue weighted by atomic mass is 10.2. The Morgan fingerprint density at radius 3 is 2.86 bits per heavy atom. The molecule has 0 fully saturated rings. The highest BCUT2D eigenvalue weighted by molar-refractivity contribution is 6.30. The molecule has 0 atom stereocenters. The maximum absolute atomic E-state index is 5.99. The molecule has 0 aliphatic carbocycles. The van der Waals surface area contributed by atoms with Crippen LogP contribution >= 0.6 is 11.6 Å². The van der Waals surface area contributed by atoms with Crippen molar-refractivity contribution in [3.8, 4) is 17.1 Å². The van der Waals surface area contributed by atoms with E-state index in [2.05, 4.69) is 10.3 Å². The summed E-state index contributed by atoms with van der Waals surface area (Å²) in [6.07, 6.45) is 1.70. The van der Waals surface area contributed by atoms with Gasteiger partial charge in [-0.05, 0) is 24.3 Å². The molecule has 2 aromatic carbocycles. The molecular formula is C17H15ClN2O2. The largest absolute Gasteiger partial charge is 0.495 e. The fraction of sp³-hybridized carbons (Fsp3) is 0.118. The Balaban J connectivity index is 1.72. The van der Waals surface area contributed by atoms with E-state index >= 15 is 0 Å². The molecule has 0 bridgehead atoms. The molecule has 0 aliphatic heterocycles. The minimum Gasteiger partial charge on any atom is -0.495 e. The number of nitrogens with one attached hydrogen (secondary N) is 1. The number of aromatic nitrogens is 1. The molecule has 5 heteroatoms. The third-order valence-corrected chi connectivity index (χ3v) is 3.43. The van der Waals surface area contributed by atoms with Gasteiger partial charge in [0.2, 0.25) is 5.89 Å². The highest BCUT2D eigenvalue weighted by atomic mass is 35.5. The van der Waals surface area contributed by atoms with Crippen molar-refractivity contribution in [3.05, 3.63) is 65.6 Å². The summed E-state index contributed by atoms with van der Waals surface area (Å²) in [7, 11) is 1.64. The molecule has 0 spiro atoms. The second kappa shape index (κ2) is 6.54. The fourth-order valence-electron chi connectivity index (χ4n) is 2.13. The first-order valence-corrected chi connectivity index (χ1v) is 7.21. The first-order valence-electron chi connectivity index (χ1n) is 6.84. The quantitative estimate of drug-likeness (QED) is 0.746. The van der Waals surface area contributed by atoms with Gasteiger partial charge in [-0.25, -0.2) is 4.98 Å². The Kier molecular flexibility index (Phi) is 4.30. The summed E-state index contributed by atoms with van der Waals surface area (Å²) < 4.78 is 11.0. The van der Waals surface area contributed by atoms with Crippen molar-refractivity contribution in [1.29, 1.82) is 0 Å². The van der Waals surface area contributed by atoms with Crippen LogP contribution in [0.25, 0.3) is 11.3 Å². The number of nitrogens with zero attached hydrogens (tertiary/aromatic N) is 1. The molecule has 1 aromatic heterocycles. The molecule has 3 rings (SSSR count). The zero-order valence-electron chi connectivity index (χ0n) is 12.0. The summed E-state index contributed by atoms with van der Waals surface area (Å²) in [5, 5.41) is 3.92. The first-order chi connectivity index (χ1) is 10.8. The zero-order valence-corrected chi connectivity index (χ0v) is 12.8. The van der Waals surface area contributed by atoms with Crippen molar-refractivity contribution in [2.45, 2.75) is 6.54 Å². The average molecular weight is 315 g/mol. The second-order valence-electron chi connectivity index (χ2n) is 4.68. The van der Waals surface area contributed by atoms with E-state index in [9.17, 15) is 0 Å². The molecule has 0 aliphatic rings. The van der Waals surface area contributed by atoms with E-state index in [0.717, 1.165) is 17.0 Å². The molecule has 112 valence electrons. The molecule has 3 aromatic rings. The van der Waals surface area contributed by atoms with Crippen molar-refractivity contribution < 1.29 is 9.15 Å². The molecule has 1 N–H and O–H groups in total. The SMILES string of the molecule is COc1ccccc1NCc1ncc(-c2cccc(Cl)c2)o1. The van der Waals surface area contributed by atoms with E-state index in [1.807, 2.05) is 48.5 Å². The van der Waals surface area contributed by atoms with Crippen LogP contribution in [0.1, 0.15) is 5.89 Å². The van der Waals surface area contributed by atoms with E-state index in [1.165, 1.54) is 0 Å². The summed E-state index contributed by atoms with van der Waals surface area (Å²) in [5.41, 5.74) is 1.80. The van der Waals surface area contributed by atoms with E-state index in [1.54, 1.807) is 13.3 Å². The number of anilines is 1. The van der Waals surface area contributed by atoms with Gasteiger partial charge in [0.1, 0.15) is 5.75 Å². The maximum atomic E-state index is 5.99. The normalized spacial score (nSPS) is 10.5. The predicted octanol–water partition coefficient (Wildman–Crippen LogP) is 4.62. The Bertz CT molecular complexity index is 771. The minimum absolute atomic E-state index is 0.473. The standard InChI is InChI=1S/C17H15ClN2O2/c1-21-15-8-3-2-7-14(15)19-11-17-20-10-16(22-17)12-5-4-6-13(18)9-12/h2-10,19H,11H2,1H3. The number of benzene rings is 2. The van der Waals surface area contributed by atoms with Gasteiger partial charge in [0.25, 0.3) is 0 Å². The van der Waals surface area contributed by atoms with Gasteiger partial charge in [-0.15, -0.1) is 0 Å². The van der Waals surface area contributed by atoms with Crippen LogP contribution in [0, 0.1) is 0 Å². The van der Waals surface area contributed by atoms with Crippen LogP contribution in [0.5, 0.6) is 5.75 Å². The number of para-hydroxylation sites is 2. The van der Waals surface area contributed by atoms with Gasteiger partial charge in [0.05, 0.1) is 25.5 Å². The first kappa shape index (κ1) is 14.5. The third-order valence-electron chi connectivity index (χ3n) is 3.20. The van der Waals surface area contributed by atoms with Gasteiger partial charge in [-0.1, -0.05) is 35.9 Å². The lowest BCUT2D eigenvalue weighted by Gasteiger charge is -2.08. The third kappa shape index (κ3) is 3.23. The van der Waals surface area contributed by atoms with Gasteiger partial charge in [0, 0.05) is 10.6 Å². The summed E-state index contributed by atoms with van der Waals surface area (Å²) >= 11 is 5.99. The smallest absolute Gasteiger partial charge is 0.214 e. The van der Waals surface area contributed by atoms with Crippen LogP contribution in [0.3, 0.4) is 0 Å².